The Bertz CT molecular complexity index is 1050. The smallest absolute Gasteiger partial charge is 0.251 e. The zero-order valence-electron chi connectivity index (χ0n) is 19.6. The van der Waals surface area contributed by atoms with Crippen LogP contribution in [0.1, 0.15) is 27.4 Å². The first-order chi connectivity index (χ1) is 16.0. The summed E-state index contributed by atoms with van der Waals surface area (Å²) >= 11 is 1.75. The van der Waals surface area contributed by atoms with Crippen molar-refractivity contribution in [1.82, 2.24) is 20.1 Å². The molecule has 2 heterocycles. The number of carbonyl (C=O) groups excluding carboxylic acids is 1. The van der Waals surface area contributed by atoms with Crippen LogP contribution in [0.25, 0.3) is 11.5 Å². The third-order valence-corrected chi connectivity index (χ3v) is 7.02. The molecule has 1 aliphatic heterocycles. The maximum Gasteiger partial charge on any atom is 0.251 e. The molecule has 0 atom stereocenters. The number of hydrogen-bond donors (Lipinski definition) is 1. The minimum atomic E-state index is -0.0468. The topological polar surface area (TPSA) is 61.6 Å². The number of amides is 1. The van der Waals surface area contributed by atoms with Gasteiger partial charge in [-0.15, -0.1) is 11.8 Å². The first-order valence-corrected chi connectivity index (χ1v) is 12.4. The van der Waals surface area contributed by atoms with Crippen LogP contribution >= 0.6 is 11.8 Å². The van der Waals surface area contributed by atoms with Gasteiger partial charge in [0, 0.05) is 61.0 Å². The van der Waals surface area contributed by atoms with E-state index >= 15 is 0 Å². The summed E-state index contributed by atoms with van der Waals surface area (Å²) in [5.74, 6) is 2.13. The number of hydrogen-bond acceptors (Lipinski definition) is 6. The van der Waals surface area contributed by atoms with Crippen molar-refractivity contribution in [1.29, 1.82) is 0 Å². The molecule has 3 aromatic rings. The number of aryl methyl sites for hydroxylation is 2. The summed E-state index contributed by atoms with van der Waals surface area (Å²) in [6.45, 7) is 9.87. The summed E-state index contributed by atoms with van der Waals surface area (Å²) in [6, 6.07) is 16.0. The number of nitrogens with one attached hydrogen (secondary N) is 1. The van der Waals surface area contributed by atoms with E-state index in [2.05, 4.69) is 53.4 Å². The van der Waals surface area contributed by atoms with Crippen LogP contribution in [0.4, 0.5) is 0 Å². The second kappa shape index (κ2) is 11.0. The lowest BCUT2D eigenvalue weighted by Gasteiger charge is -2.32. The zero-order chi connectivity index (χ0) is 23.2. The fourth-order valence-electron chi connectivity index (χ4n) is 3.74. The summed E-state index contributed by atoms with van der Waals surface area (Å²) in [5, 5.41) is 3.03. The molecule has 0 bridgehead atoms. The number of nitrogens with zero attached hydrogens (tertiary/aromatic N) is 3. The Morgan fingerprint density at radius 2 is 1.73 bits per heavy atom. The van der Waals surface area contributed by atoms with E-state index in [1.165, 1.54) is 10.5 Å². The highest BCUT2D eigenvalue weighted by molar-refractivity contribution is 7.98. The van der Waals surface area contributed by atoms with Crippen LogP contribution in [-0.2, 0) is 5.75 Å². The van der Waals surface area contributed by atoms with Crippen LogP contribution in [0.3, 0.4) is 0 Å². The molecule has 4 rings (SSSR count). The van der Waals surface area contributed by atoms with E-state index in [0.717, 1.165) is 55.5 Å². The van der Waals surface area contributed by atoms with Gasteiger partial charge in [-0.25, -0.2) is 4.98 Å². The van der Waals surface area contributed by atoms with Gasteiger partial charge in [0.1, 0.15) is 5.76 Å². The predicted octanol–water partition coefficient (Wildman–Crippen LogP) is 4.23. The fraction of sp³-hybridized carbons (Fsp3) is 0.385. The average Bonchev–Trinajstić information content (AvgIpc) is 3.20. The Morgan fingerprint density at radius 1 is 1.03 bits per heavy atom. The van der Waals surface area contributed by atoms with Gasteiger partial charge in [-0.1, -0.05) is 17.7 Å². The van der Waals surface area contributed by atoms with Crippen LogP contribution in [0, 0.1) is 13.8 Å². The van der Waals surface area contributed by atoms with Gasteiger partial charge < -0.3 is 14.6 Å². The molecule has 1 fully saturated rings. The lowest BCUT2D eigenvalue weighted by molar-refractivity contribution is 0.0941. The molecule has 6 nitrogen and oxygen atoms in total. The number of aromatic nitrogens is 1. The molecule has 33 heavy (non-hydrogen) atoms. The molecular formula is C26H32N4O2S. The Hall–Kier alpha value is -2.61. The highest BCUT2D eigenvalue weighted by atomic mass is 32.2. The minimum Gasteiger partial charge on any atom is -0.441 e. The lowest BCUT2D eigenvalue weighted by atomic mass is 10.1. The largest absolute Gasteiger partial charge is 0.441 e. The maximum absolute atomic E-state index is 12.5. The summed E-state index contributed by atoms with van der Waals surface area (Å²) < 4.78 is 5.91. The van der Waals surface area contributed by atoms with E-state index in [9.17, 15) is 4.79 Å². The molecule has 0 unspecified atom stereocenters. The van der Waals surface area contributed by atoms with Crippen LogP contribution in [0.2, 0.25) is 0 Å². The highest BCUT2D eigenvalue weighted by Gasteiger charge is 2.15. The maximum atomic E-state index is 12.5. The molecule has 1 amide bonds. The van der Waals surface area contributed by atoms with Gasteiger partial charge in [0.25, 0.3) is 5.91 Å². The quantitative estimate of drug-likeness (QED) is 0.504. The molecule has 1 saturated heterocycles. The van der Waals surface area contributed by atoms with Crippen molar-refractivity contribution >= 4 is 17.7 Å². The molecule has 1 N–H and O–H groups in total. The molecule has 0 saturated carbocycles. The second-order valence-corrected chi connectivity index (χ2v) is 9.65. The molecule has 7 heteroatoms. The van der Waals surface area contributed by atoms with E-state index in [-0.39, 0.29) is 5.91 Å². The molecule has 0 spiro atoms. The fourth-order valence-corrected chi connectivity index (χ4v) is 4.64. The number of rotatable bonds is 8. The van der Waals surface area contributed by atoms with Crippen molar-refractivity contribution in [2.24, 2.45) is 0 Å². The van der Waals surface area contributed by atoms with E-state index in [1.54, 1.807) is 11.8 Å². The molecule has 0 radical (unpaired) electrons. The molecular weight excluding hydrogens is 432 g/mol. The van der Waals surface area contributed by atoms with Crippen molar-refractivity contribution in [2.45, 2.75) is 24.5 Å². The number of likely N-dealkylation sites (N-methyl/N-ethyl adjacent to an activating group) is 1. The molecule has 1 aliphatic rings. The minimum absolute atomic E-state index is 0.0468. The number of carbonyl (C=O) groups is 1. The summed E-state index contributed by atoms with van der Waals surface area (Å²) in [7, 11) is 2.15. The Kier molecular flexibility index (Phi) is 7.85. The zero-order valence-corrected chi connectivity index (χ0v) is 20.5. The van der Waals surface area contributed by atoms with Crippen LogP contribution in [0.5, 0.6) is 0 Å². The van der Waals surface area contributed by atoms with Crippen molar-refractivity contribution in [3.63, 3.8) is 0 Å². The first kappa shape index (κ1) is 23.5. The van der Waals surface area contributed by atoms with E-state index in [1.807, 2.05) is 31.2 Å². The molecule has 174 valence electrons. The Balaban J connectivity index is 1.29. The lowest BCUT2D eigenvalue weighted by Crippen LogP contribution is -2.46. The number of thioether (sulfide) groups is 1. The summed E-state index contributed by atoms with van der Waals surface area (Å²) in [6.07, 6.45) is 0. The van der Waals surface area contributed by atoms with Gasteiger partial charge in [0.15, 0.2) is 0 Å². The van der Waals surface area contributed by atoms with Crippen molar-refractivity contribution in [3.8, 4) is 11.5 Å². The van der Waals surface area contributed by atoms with E-state index in [0.29, 0.717) is 18.0 Å². The third kappa shape index (κ3) is 6.47. The Labute approximate surface area is 200 Å². The van der Waals surface area contributed by atoms with Crippen molar-refractivity contribution in [2.75, 3.05) is 46.3 Å². The summed E-state index contributed by atoms with van der Waals surface area (Å²) in [5.41, 5.74) is 3.72. The third-order valence-electron chi connectivity index (χ3n) is 5.99. The average molecular weight is 465 g/mol. The van der Waals surface area contributed by atoms with Crippen LogP contribution in [-0.4, -0.2) is 67.0 Å². The standard InChI is InChI=1S/C26H32N4O2S/c1-19-4-10-23(11-5-19)33-18-24-20(2)32-26(28-24)22-8-6-21(7-9-22)25(31)27-12-13-30-16-14-29(3)15-17-30/h4-11H,12-18H2,1-3H3,(H,27,31). The van der Waals surface area contributed by atoms with Gasteiger partial charge >= 0.3 is 0 Å². The first-order valence-electron chi connectivity index (χ1n) is 11.4. The predicted molar refractivity (Wildman–Crippen MR) is 134 cm³/mol. The van der Waals surface area contributed by atoms with Gasteiger partial charge in [0.2, 0.25) is 5.89 Å². The van der Waals surface area contributed by atoms with E-state index < -0.39 is 0 Å². The SMILES string of the molecule is Cc1ccc(SCc2nc(-c3ccc(C(=O)NCCN4CCN(C)CC4)cc3)oc2C)cc1. The van der Waals surface area contributed by atoms with Crippen molar-refractivity contribution < 1.29 is 9.21 Å². The highest BCUT2D eigenvalue weighted by Crippen LogP contribution is 2.28. The van der Waals surface area contributed by atoms with Gasteiger partial charge in [0.05, 0.1) is 5.69 Å². The van der Waals surface area contributed by atoms with E-state index in [4.69, 9.17) is 9.40 Å². The molecule has 0 aliphatic carbocycles. The normalized spacial score (nSPS) is 15.0. The van der Waals surface area contributed by atoms with Crippen LogP contribution < -0.4 is 5.32 Å². The van der Waals surface area contributed by atoms with Gasteiger partial charge in [-0.2, -0.15) is 0 Å². The monoisotopic (exact) mass is 464 g/mol. The second-order valence-electron chi connectivity index (χ2n) is 8.60. The van der Waals surface area contributed by atoms with Crippen molar-refractivity contribution in [3.05, 3.63) is 71.1 Å². The number of piperazine rings is 1. The van der Waals surface area contributed by atoms with Gasteiger partial charge in [-0.05, 0) is 57.3 Å². The number of benzene rings is 2. The Morgan fingerprint density at radius 3 is 2.42 bits per heavy atom. The molecule has 1 aromatic heterocycles. The summed E-state index contributed by atoms with van der Waals surface area (Å²) in [4.78, 5) is 23.1. The van der Waals surface area contributed by atoms with Crippen LogP contribution in [0.15, 0.2) is 57.8 Å². The van der Waals surface area contributed by atoms with Gasteiger partial charge in [-0.3, -0.25) is 9.69 Å². The number of oxazole rings is 1. The molecule has 2 aromatic carbocycles.